The summed E-state index contributed by atoms with van der Waals surface area (Å²) in [5.74, 6) is -1.02. The van der Waals surface area contributed by atoms with Crippen LogP contribution in [0.3, 0.4) is 0 Å². The molecule has 0 radical (unpaired) electrons. The Balaban J connectivity index is 1.97. The van der Waals surface area contributed by atoms with Crippen LogP contribution in [0, 0.1) is 5.92 Å². The van der Waals surface area contributed by atoms with Crippen molar-refractivity contribution in [3.63, 3.8) is 0 Å². The minimum Gasteiger partial charge on any atom is -0.494 e. The molecule has 5 nitrogen and oxygen atoms in total. The topological polar surface area (TPSA) is 75.6 Å². The first kappa shape index (κ1) is 19.5. The second-order valence-electron chi connectivity index (χ2n) is 6.16. The maximum atomic E-state index is 12.4. The van der Waals surface area contributed by atoms with Crippen LogP contribution in [0.15, 0.2) is 54.6 Å². The number of aliphatic carboxylic acids is 1. The van der Waals surface area contributed by atoms with Gasteiger partial charge in [-0.15, -0.1) is 0 Å². The lowest BCUT2D eigenvalue weighted by molar-refractivity contribution is -0.142. The molecule has 0 aliphatic heterocycles. The summed E-state index contributed by atoms with van der Waals surface area (Å²) >= 11 is 0. The highest BCUT2D eigenvalue weighted by Crippen LogP contribution is 2.22. The van der Waals surface area contributed by atoms with Crippen molar-refractivity contribution >= 4 is 11.9 Å². The molecule has 0 aromatic heterocycles. The summed E-state index contributed by atoms with van der Waals surface area (Å²) < 4.78 is 5.40. The van der Waals surface area contributed by atoms with E-state index >= 15 is 0 Å². The van der Waals surface area contributed by atoms with E-state index in [1.165, 1.54) is 0 Å². The highest BCUT2D eigenvalue weighted by molar-refractivity contribution is 5.78. The normalized spacial score (nSPS) is 12.8. The van der Waals surface area contributed by atoms with Gasteiger partial charge in [0, 0.05) is 6.42 Å². The van der Waals surface area contributed by atoms with Gasteiger partial charge in [0.1, 0.15) is 5.75 Å². The van der Waals surface area contributed by atoms with Gasteiger partial charge in [0.15, 0.2) is 0 Å². The van der Waals surface area contributed by atoms with Gasteiger partial charge in [-0.3, -0.25) is 9.59 Å². The van der Waals surface area contributed by atoms with Crippen molar-refractivity contribution in [3.05, 3.63) is 65.7 Å². The molecule has 2 rings (SSSR count). The fourth-order valence-corrected chi connectivity index (χ4v) is 2.72. The molecule has 0 fully saturated rings. The number of hydrogen-bond acceptors (Lipinski definition) is 3. The second kappa shape index (κ2) is 9.61. The Morgan fingerprint density at radius 3 is 2.31 bits per heavy atom. The Morgan fingerprint density at radius 2 is 1.73 bits per heavy atom. The first-order valence-corrected chi connectivity index (χ1v) is 8.80. The molecule has 2 aromatic rings. The van der Waals surface area contributed by atoms with Crippen molar-refractivity contribution in [2.45, 2.75) is 32.7 Å². The van der Waals surface area contributed by atoms with Crippen LogP contribution in [0.25, 0.3) is 0 Å². The van der Waals surface area contributed by atoms with Crippen molar-refractivity contribution in [1.82, 2.24) is 5.32 Å². The summed E-state index contributed by atoms with van der Waals surface area (Å²) in [6, 6.07) is 16.3. The van der Waals surface area contributed by atoms with E-state index in [4.69, 9.17) is 4.74 Å². The molecule has 26 heavy (non-hydrogen) atoms. The smallest absolute Gasteiger partial charge is 0.308 e. The van der Waals surface area contributed by atoms with Crippen LogP contribution in [-0.4, -0.2) is 23.6 Å². The van der Waals surface area contributed by atoms with Crippen molar-refractivity contribution in [2.75, 3.05) is 6.61 Å². The van der Waals surface area contributed by atoms with E-state index in [2.05, 4.69) is 5.32 Å². The molecule has 2 unspecified atom stereocenters. The molecule has 5 heteroatoms. The van der Waals surface area contributed by atoms with E-state index in [1.54, 1.807) is 6.92 Å². The van der Waals surface area contributed by atoms with Gasteiger partial charge in [-0.1, -0.05) is 42.5 Å². The molecule has 0 bridgehead atoms. The zero-order valence-electron chi connectivity index (χ0n) is 15.1. The number of carbonyl (C=O) groups is 2. The standard InChI is InChI=1S/C21H25NO4/c1-3-26-18-12-9-16(10-13-18)11-14-19(23)22-20(15(2)21(24)25)17-7-5-4-6-8-17/h4-10,12-13,15,20H,3,11,14H2,1-2H3,(H,22,23)(H,24,25). The van der Waals surface area contributed by atoms with E-state index in [9.17, 15) is 14.7 Å². The molecule has 0 spiro atoms. The SMILES string of the molecule is CCOc1ccc(CCC(=O)NC(c2ccccc2)C(C)C(=O)O)cc1. The number of amides is 1. The van der Waals surface area contributed by atoms with E-state index < -0.39 is 17.9 Å². The Morgan fingerprint density at radius 1 is 1.08 bits per heavy atom. The summed E-state index contributed by atoms with van der Waals surface area (Å²) in [6.07, 6.45) is 0.880. The van der Waals surface area contributed by atoms with Gasteiger partial charge in [-0.25, -0.2) is 0 Å². The van der Waals surface area contributed by atoms with Crippen molar-refractivity contribution in [3.8, 4) is 5.75 Å². The van der Waals surface area contributed by atoms with Gasteiger partial charge >= 0.3 is 5.97 Å². The highest BCUT2D eigenvalue weighted by atomic mass is 16.5. The van der Waals surface area contributed by atoms with E-state index in [0.29, 0.717) is 19.4 Å². The number of ether oxygens (including phenoxy) is 1. The summed E-state index contributed by atoms with van der Waals surface area (Å²) in [5, 5.41) is 12.2. The van der Waals surface area contributed by atoms with Crippen LogP contribution in [0.5, 0.6) is 5.75 Å². The summed E-state index contributed by atoms with van der Waals surface area (Å²) in [6.45, 7) is 4.15. The van der Waals surface area contributed by atoms with Crippen LogP contribution in [-0.2, 0) is 16.0 Å². The third kappa shape index (κ3) is 5.62. The maximum absolute atomic E-state index is 12.4. The molecular weight excluding hydrogens is 330 g/mol. The third-order valence-electron chi connectivity index (χ3n) is 4.24. The van der Waals surface area contributed by atoms with Gasteiger partial charge in [0.05, 0.1) is 18.6 Å². The second-order valence-corrected chi connectivity index (χ2v) is 6.16. The number of nitrogens with one attached hydrogen (secondary N) is 1. The lowest BCUT2D eigenvalue weighted by atomic mass is 9.94. The van der Waals surface area contributed by atoms with Crippen LogP contribution in [0.1, 0.15) is 37.4 Å². The highest BCUT2D eigenvalue weighted by Gasteiger charge is 2.26. The molecule has 0 aliphatic carbocycles. The lowest BCUT2D eigenvalue weighted by Gasteiger charge is -2.23. The fraction of sp³-hybridized carbons (Fsp3) is 0.333. The third-order valence-corrected chi connectivity index (χ3v) is 4.24. The van der Waals surface area contributed by atoms with Gasteiger partial charge in [0.25, 0.3) is 0 Å². The number of carboxylic acids is 1. The molecule has 0 aliphatic rings. The summed E-state index contributed by atoms with van der Waals surface area (Å²) in [4.78, 5) is 23.8. The molecular formula is C21H25NO4. The predicted octanol–water partition coefficient (Wildman–Crippen LogP) is 3.60. The van der Waals surface area contributed by atoms with Crippen molar-refractivity contribution in [1.29, 1.82) is 0 Å². The number of hydrogen-bond donors (Lipinski definition) is 2. The largest absolute Gasteiger partial charge is 0.494 e. The van der Waals surface area contributed by atoms with Crippen LogP contribution < -0.4 is 10.1 Å². The lowest BCUT2D eigenvalue weighted by Crippen LogP contribution is -2.35. The van der Waals surface area contributed by atoms with Gasteiger partial charge in [0.2, 0.25) is 5.91 Å². The van der Waals surface area contributed by atoms with Gasteiger partial charge in [-0.05, 0) is 43.5 Å². The van der Waals surface area contributed by atoms with Crippen molar-refractivity contribution in [2.24, 2.45) is 5.92 Å². The Labute approximate surface area is 154 Å². The zero-order valence-corrected chi connectivity index (χ0v) is 15.1. The minimum absolute atomic E-state index is 0.166. The van der Waals surface area contributed by atoms with Crippen LogP contribution >= 0.6 is 0 Å². The van der Waals surface area contributed by atoms with E-state index in [0.717, 1.165) is 16.9 Å². The maximum Gasteiger partial charge on any atom is 0.308 e. The predicted molar refractivity (Wildman–Crippen MR) is 100 cm³/mol. The first-order valence-electron chi connectivity index (χ1n) is 8.80. The number of benzene rings is 2. The van der Waals surface area contributed by atoms with Crippen LogP contribution in [0.4, 0.5) is 0 Å². The average Bonchev–Trinajstić information content (AvgIpc) is 2.66. The van der Waals surface area contributed by atoms with E-state index in [-0.39, 0.29) is 5.91 Å². The quantitative estimate of drug-likeness (QED) is 0.721. The van der Waals surface area contributed by atoms with Crippen LogP contribution in [0.2, 0.25) is 0 Å². The van der Waals surface area contributed by atoms with Crippen molar-refractivity contribution < 1.29 is 19.4 Å². The molecule has 2 atom stereocenters. The number of carboxylic acid groups (broad SMARTS) is 1. The minimum atomic E-state index is -0.939. The number of aryl methyl sites for hydroxylation is 1. The molecule has 2 aromatic carbocycles. The summed E-state index contributed by atoms with van der Waals surface area (Å²) in [5.41, 5.74) is 1.82. The Hall–Kier alpha value is -2.82. The molecule has 0 saturated heterocycles. The monoisotopic (exact) mass is 355 g/mol. The average molecular weight is 355 g/mol. The fourth-order valence-electron chi connectivity index (χ4n) is 2.72. The first-order chi connectivity index (χ1) is 12.5. The van der Waals surface area contributed by atoms with E-state index in [1.807, 2.05) is 61.5 Å². The summed E-state index contributed by atoms with van der Waals surface area (Å²) in [7, 11) is 0. The zero-order chi connectivity index (χ0) is 18.9. The Bertz CT molecular complexity index is 713. The molecule has 0 heterocycles. The molecule has 0 saturated carbocycles. The van der Waals surface area contributed by atoms with Gasteiger partial charge < -0.3 is 15.2 Å². The molecule has 1 amide bonds. The van der Waals surface area contributed by atoms with Gasteiger partial charge in [-0.2, -0.15) is 0 Å². The number of carbonyl (C=O) groups excluding carboxylic acids is 1. The Kier molecular flexibility index (Phi) is 7.21. The number of rotatable bonds is 9. The molecule has 138 valence electrons. The molecule has 2 N–H and O–H groups in total.